The number of nitrogens with one attached hydrogen (secondary N) is 1. The Kier molecular flexibility index (Phi) is 4.07. The maximum Gasteiger partial charge on any atom is 0.150 e. The molecule has 1 fully saturated rings. The minimum Gasteiger partial charge on any atom is -0.307 e. The summed E-state index contributed by atoms with van der Waals surface area (Å²) in [6.45, 7) is 4.21. The van der Waals surface area contributed by atoms with E-state index in [4.69, 9.17) is 0 Å². The number of aryl methyl sites for hydroxylation is 1. The highest BCUT2D eigenvalue weighted by atomic mass is 32.2. The molecule has 0 aliphatic carbocycles. The summed E-state index contributed by atoms with van der Waals surface area (Å²) in [5.74, 6) is 0.649. The molecule has 1 aliphatic heterocycles. The second-order valence-corrected chi connectivity index (χ2v) is 7.53. The van der Waals surface area contributed by atoms with Crippen LogP contribution in [0.5, 0.6) is 0 Å². The third kappa shape index (κ3) is 3.56. The molecule has 1 heterocycles. The summed E-state index contributed by atoms with van der Waals surface area (Å²) in [6, 6.07) is 9.08. The van der Waals surface area contributed by atoms with Crippen LogP contribution in [0.15, 0.2) is 24.3 Å². The van der Waals surface area contributed by atoms with Crippen LogP contribution in [0.4, 0.5) is 0 Å². The molecule has 1 aromatic carbocycles. The van der Waals surface area contributed by atoms with Gasteiger partial charge < -0.3 is 5.32 Å². The number of hydrogen-bond donors (Lipinski definition) is 1. The summed E-state index contributed by atoms with van der Waals surface area (Å²) >= 11 is 0. The lowest BCUT2D eigenvalue weighted by molar-refractivity contribution is 0.420. The van der Waals surface area contributed by atoms with Gasteiger partial charge in [-0.2, -0.15) is 0 Å². The molecule has 0 saturated carbocycles. The zero-order valence-corrected chi connectivity index (χ0v) is 11.8. The second-order valence-electron chi connectivity index (χ2n) is 5.23. The summed E-state index contributed by atoms with van der Waals surface area (Å²) in [5, 5.41) is 3.53. The van der Waals surface area contributed by atoms with Crippen molar-refractivity contribution in [2.75, 3.05) is 11.5 Å². The van der Waals surface area contributed by atoms with E-state index < -0.39 is 9.84 Å². The van der Waals surface area contributed by atoms with Crippen LogP contribution < -0.4 is 5.32 Å². The van der Waals surface area contributed by atoms with Crippen molar-refractivity contribution in [3.8, 4) is 0 Å². The standard InChI is InChI=1S/C14H21NO2S/c1-11-3-5-13(6-4-11)12(2)15-14-7-9-18(16,17)10-8-14/h3-6,12,14-15H,7-10H2,1-2H3/t12-/m1/s1. The maximum atomic E-state index is 11.4. The van der Waals surface area contributed by atoms with Gasteiger partial charge in [-0.15, -0.1) is 0 Å². The molecule has 0 radical (unpaired) electrons. The molecule has 2 rings (SSSR count). The number of benzene rings is 1. The first-order chi connectivity index (χ1) is 8.46. The number of hydrogen-bond acceptors (Lipinski definition) is 3. The normalized spacial score (nSPS) is 21.7. The molecule has 0 amide bonds. The van der Waals surface area contributed by atoms with Crippen molar-refractivity contribution < 1.29 is 8.42 Å². The molecular weight excluding hydrogens is 246 g/mol. The Bertz CT molecular complexity index is 479. The van der Waals surface area contributed by atoms with E-state index in [9.17, 15) is 8.42 Å². The van der Waals surface area contributed by atoms with Crippen LogP contribution in [0.25, 0.3) is 0 Å². The van der Waals surface area contributed by atoms with Gasteiger partial charge in [0.25, 0.3) is 0 Å². The fourth-order valence-corrected chi connectivity index (χ4v) is 3.85. The van der Waals surface area contributed by atoms with Crippen molar-refractivity contribution in [3.63, 3.8) is 0 Å². The Balaban J connectivity index is 1.92. The van der Waals surface area contributed by atoms with E-state index in [0.717, 1.165) is 12.8 Å². The summed E-state index contributed by atoms with van der Waals surface area (Å²) in [5.41, 5.74) is 2.52. The van der Waals surface area contributed by atoms with Crippen LogP contribution in [0.2, 0.25) is 0 Å². The van der Waals surface area contributed by atoms with E-state index in [1.807, 2.05) is 0 Å². The van der Waals surface area contributed by atoms with Gasteiger partial charge in [-0.05, 0) is 32.3 Å². The molecule has 0 aromatic heterocycles. The average Bonchev–Trinajstić information content (AvgIpc) is 2.33. The third-order valence-corrected chi connectivity index (χ3v) is 5.33. The predicted octanol–water partition coefficient (Wildman–Crippen LogP) is 2.22. The van der Waals surface area contributed by atoms with Gasteiger partial charge in [-0.1, -0.05) is 29.8 Å². The molecule has 3 nitrogen and oxygen atoms in total. The van der Waals surface area contributed by atoms with Gasteiger partial charge >= 0.3 is 0 Å². The van der Waals surface area contributed by atoms with E-state index in [0.29, 0.717) is 17.5 Å². The van der Waals surface area contributed by atoms with Crippen molar-refractivity contribution in [1.82, 2.24) is 5.32 Å². The van der Waals surface area contributed by atoms with Gasteiger partial charge in [0, 0.05) is 12.1 Å². The predicted molar refractivity (Wildman–Crippen MR) is 74.4 cm³/mol. The Morgan fingerprint density at radius 2 is 1.72 bits per heavy atom. The topological polar surface area (TPSA) is 46.2 Å². The molecule has 0 spiro atoms. The van der Waals surface area contributed by atoms with Crippen LogP contribution in [0.3, 0.4) is 0 Å². The SMILES string of the molecule is Cc1ccc([C@@H](C)NC2CCS(=O)(=O)CC2)cc1. The van der Waals surface area contributed by atoms with Crippen LogP contribution in [-0.4, -0.2) is 26.0 Å². The van der Waals surface area contributed by atoms with Gasteiger partial charge in [0.2, 0.25) is 0 Å². The molecule has 0 bridgehead atoms. The van der Waals surface area contributed by atoms with Crippen molar-refractivity contribution >= 4 is 9.84 Å². The second kappa shape index (κ2) is 5.41. The van der Waals surface area contributed by atoms with Crippen molar-refractivity contribution in [3.05, 3.63) is 35.4 Å². The van der Waals surface area contributed by atoms with E-state index >= 15 is 0 Å². The zero-order valence-electron chi connectivity index (χ0n) is 11.0. The first kappa shape index (κ1) is 13.6. The van der Waals surface area contributed by atoms with Gasteiger partial charge in [0.05, 0.1) is 11.5 Å². The van der Waals surface area contributed by atoms with E-state index in [1.54, 1.807) is 0 Å². The average molecular weight is 267 g/mol. The lowest BCUT2D eigenvalue weighted by Crippen LogP contribution is -2.38. The van der Waals surface area contributed by atoms with Crippen LogP contribution in [-0.2, 0) is 9.84 Å². The molecule has 1 aromatic rings. The monoisotopic (exact) mass is 267 g/mol. The molecular formula is C14H21NO2S. The Hall–Kier alpha value is -0.870. The number of rotatable bonds is 3. The van der Waals surface area contributed by atoms with Crippen LogP contribution in [0, 0.1) is 6.92 Å². The van der Waals surface area contributed by atoms with Gasteiger partial charge in [0.1, 0.15) is 9.84 Å². The third-order valence-electron chi connectivity index (χ3n) is 3.62. The molecule has 100 valence electrons. The van der Waals surface area contributed by atoms with E-state index in [1.165, 1.54) is 11.1 Å². The molecule has 1 atom stereocenters. The largest absolute Gasteiger partial charge is 0.307 e. The zero-order chi connectivity index (χ0) is 13.2. The molecule has 1 saturated heterocycles. The molecule has 1 N–H and O–H groups in total. The fourth-order valence-electron chi connectivity index (χ4n) is 2.36. The smallest absolute Gasteiger partial charge is 0.150 e. The Morgan fingerprint density at radius 1 is 1.17 bits per heavy atom. The first-order valence-electron chi connectivity index (χ1n) is 6.49. The van der Waals surface area contributed by atoms with Crippen molar-refractivity contribution in [1.29, 1.82) is 0 Å². The lowest BCUT2D eigenvalue weighted by Gasteiger charge is -2.27. The van der Waals surface area contributed by atoms with Crippen molar-refractivity contribution in [2.24, 2.45) is 0 Å². The Labute approximate surface area is 110 Å². The molecule has 4 heteroatoms. The Morgan fingerprint density at radius 3 is 2.28 bits per heavy atom. The highest BCUT2D eigenvalue weighted by Crippen LogP contribution is 2.18. The lowest BCUT2D eigenvalue weighted by atomic mass is 10.0. The fraction of sp³-hybridized carbons (Fsp3) is 0.571. The van der Waals surface area contributed by atoms with E-state index in [2.05, 4.69) is 43.4 Å². The minimum atomic E-state index is -2.76. The molecule has 18 heavy (non-hydrogen) atoms. The first-order valence-corrected chi connectivity index (χ1v) is 8.31. The van der Waals surface area contributed by atoms with Crippen LogP contribution in [0.1, 0.15) is 36.9 Å². The molecule has 1 aliphatic rings. The van der Waals surface area contributed by atoms with Crippen molar-refractivity contribution in [2.45, 2.75) is 38.8 Å². The highest BCUT2D eigenvalue weighted by molar-refractivity contribution is 7.91. The van der Waals surface area contributed by atoms with Crippen LogP contribution >= 0.6 is 0 Å². The summed E-state index contributed by atoms with van der Waals surface area (Å²) in [6.07, 6.45) is 1.47. The number of sulfone groups is 1. The maximum absolute atomic E-state index is 11.4. The summed E-state index contributed by atoms with van der Waals surface area (Å²) in [7, 11) is -2.76. The van der Waals surface area contributed by atoms with Gasteiger partial charge in [-0.3, -0.25) is 0 Å². The summed E-state index contributed by atoms with van der Waals surface area (Å²) in [4.78, 5) is 0. The van der Waals surface area contributed by atoms with E-state index in [-0.39, 0.29) is 6.04 Å². The minimum absolute atomic E-state index is 0.274. The quantitative estimate of drug-likeness (QED) is 0.913. The molecule has 0 unspecified atom stereocenters. The van der Waals surface area contributed by atoms with Gasteiger partial charge in [-0.25, -0.2) is 8.42 Å². The highest BCUT2D eigenvalue weighted by Gasteiger charge is 2.24. The summed E-state index contributed by atoms with van der Waals surface area (Å²) < 4.78 is 22.7. The van der Waals surface area contributed by atoms with Gasteiger partial charge in [0.15, 0.2) is 0 Å².